The average Bonchev–Trinajstić information content (AvgIpc) is 3.24. The largest absolute Gasteiger partial charge is 1.00 e. The van der Waals surface area contributed by atoms with E-state index in [1.54, 1.807) is 0 Å². The van der Waals surface area contributed by atoms with Crippen molar-refractivity contribution in [3.05, 3.63) is 59.7 Å². The van der Waals surface area contributed by atoms with E-state index < -0.39 is 0 Å². The van der Waals surface area contributed by atoms with E-state index in [0.29, 0.717) is 29.8 Å². The van der Waals surface area contributed by atoms with Crippen molar-refractivity contribution in [1.29, 1.82) is 0 Å². The van der Waals surface area contributed by atoms with E-state index >= 15 is 0 Å². The van der Waals surface area contributed by atoms with Gasteiger partial charge in [-0.25, -0.2) is 0 Å². The van der Waals surface area contributed by atoms with E-state index in [1.165, 1.54) is 17.0 Å². The van der Waals surface area contributed by atoms with Crippen molar-refractivity contribution >= 4 is 0 Å². The van der Waals surface area contributed by atoms with Gasteiger partial charge in [0.25, 0.3) is 0 Å². The molecule has 2 atom stereocenters. The zero-order valence-corrected chi connectivity index (χ0v) is 23.7. The minimum absolute atomic E-state index is 0. The normalized spacial score (nSPS) is 28.6. The minimum Gasteiger partial charge on any atom is -1.00 e. The number of rotatable bonds is 5. The molecule has 1 aromatic carbocycles. The van der Waals surface area contributed by atoms with Gasteiger partial charge in [0.05, 0.1) is 0 Å². The maximum atomic E-state index is 3.95. The Morgan fingerprint density at radius 2 is 1.12 bits per heavy atom. The quantitative estimate of drug-likeness (QED) is 0.439. The number of nitrogens with zero attached hydrogens (tertiary/aromatic N) is 2. The second-order valence-corrected chi connectivity index (χ2v) is 13.0. The van der Waals surface area contributed by atoms with Crippen molar-refractivity contribution in [3.63, 3.8) is 0 Å². The molecule has 0 bridgehead atoms. The molecule has 1 saturated heterocycles. The molecule has 4 nitrogen and oxygen atoms in total. The van der Waals surface area contributed by atoms with Crippen LogP contribution in [0.15, 0.2) is 54.1 Å². The zero-order chi connectivity index (χ0) is 21.8. The van der Waals surface area contributed by atoms with Gasteiger partial charge in [-0.1, -0.05) is 0 Å². The summed E-state index contributed by atoms with van der Waals surface area (Å²) in [5.41, 5.74) is 4.31. The summed E-state index contributed by atoms with van der Waals surface area (Å²) < 4.78 is -0.0233. The SMILES string of the molecule is CC(C)C1=CN[C]2([Ru+2][C]3(NC=C(C(C)C)N3C(C)C)C2c2ccccc2)N1C(C)C.[Cl-].[Cl-]. The third kappa shape index (κ3) is 3.87. The van der Waals surface area contributed by atoms with E-state index in [-0.39, 0.29) is 50.5 Å². The van der Waals surface area contributed by atoms with Crippen LogP contribution in [0.25, 0.3) is 0 Å². The Morgan fingerprint density at radius 3 is 1.47 bits per heavy atom. The molecule has 3 heterocycles. The standard InChI is InChI=1S/C25H38N4.2ClH.Ru/c1-16(2)21-14-26-24(28(21)18(5)6)23(20-12-10-9-11-13-20)25-27-15-22(17(3)4)29(25)19(7)8;;;/h9-19,23,26-27H,1-8H3;2*1H;/q;;;+2/p-2. The summed E-state index contributed by atoms with van der Waals surface area (Å²) in [7, 11) is 0. The molecule has 7 heteroatoms. The summed E-state index contributed by atoms with van der Waals surface area (Å²) in [5.74, 6) is 1.36. The number of nitrogens with one attached hydrogen (secondary N) is 2. The molecular formula is C25H38Cl2N4Ru. The molecule has 0 aliphatic carbocycles. The van der Waals surface area contributed by atoms with Gasteiger partial charge < -0.3 is 24.8 Å². The first-order chi connectivity index (χ1) is 14.2. The van der Waals surface area contributed by atoms with Crippen LogP contribution in [0.2, 0.25) is 0 Å². The summed E-state index contributed by atoms with van der Waals surface area (Å²) in [6, 6.07) is 12.1. The van der Waals surface area contributed by atoms with Crippen LogP contribution in [0.3, 0.4) is 0 Å². The molecule has 2 unspecified atom stereocenters. The number of halogens is 2. The van der Waals surface area contributed by atoms with Gasteiger partial charge in [-0.3, -0.25) is 0 Å². The number of hydrogen-bond donors (Lipinski definition) is 2. The Morgan fingerprint density at radius 1 is 0.719 bits per heavy atom. The minimum atomic E-state index is -0.0430. The third-order valence-corrected chi connectivity index (χ3v) is 10.1. The van der Waals surface area contributed by atoms with Crippen LogP contribution in [0.5, 0.6) is 0 Å². The van der Waals surface area contributed by atoms with E-state index in [2.05, 4.69) is 119 Å². The van der Waals surface area contributed by atoms with E-state index in [0.717, 1.165) is 0 Å². The molecular weight excluding hydrogens is 528 g/mol. The first kappa shape index (κ1) is 27.3. The Bertz CT molecular complexity index is 805. The van der Waals surface area contributed by atoms with E-state index in [4.69, 9.17) is 0 Å². The monoisotopic (exact) mass is 566 g/mol. The molecule has 180 valence electrons. The van der Waals surface area contributed by atoms with Gasteiger partial charge in [0.15, 0.2) is 0 Å². The van der Waals surface area contributed by atoms with Gasteiger partial charge in [0.1, 0.15) is 0 Å². The molecule has 3 aliphatic heterocycles. The Hall–Kier alpha value is -0.897. The predicted molar refractivity (Wildman–Crippen MR) is 121 cm³/mol. The van der Waals surface area contributed by atoms with Crippen LogP contribution < -0.4 is 35.4 Å². The fraction of sp³-hybridized carbons (Fsp3) is 0.600. The molecule has 4 rings (SSSR count). The van der Waals surface area contributed by atoms with Crippen molar-refractivity contribution in [2.45, 2.75) is 81.9 Å². The Balaban J connectivity index is 0.00000181. The molecule has 2 spiro atoms. The maximum Gasteiger partial charge on any atom is -1.00 e. The van der Waals surface area contributed by atoms with Crippen LogP contribution in [0.1, 0.15) is 66.9 Å². The van der Waals surface area contributed by atoms with Crippen molar-refractivity contribution in [2.75, 3.05) is 0 Å². The topological polar surface area (TPSA) is 30.5 Å². The zero-order valence-electron chi connectivity index (χ0n) is 20.4. The molecule has 0 aromatic heterocycles. The second-order valence-electron chi connectivity index (χ2n) is 9.91. The van der Waals surface area contributed by atoms with Crippen molar-refractivity contribution in [2.24, 2.45) is 11.8 Å². The Labute approximate surface area is 215 Å². The van der Waals surface area contributed by atoms with Crippen LogP contribution in [-0.2, 0) is 17.1 Å². The van der Waals surface area contributed by atoms with Crippen molar-refractivity contribution < 1.29 is 41.9 Å². The number of benzene rings is 1. The number of allylic oxidation sites excluding steroid dienone is 2. The van der Waals surface area contributed by atoms with Gasteiger partial charge in [0, 0.05) is 0 Å². The molecule has 3 aliphatic rings. The molecule has 32 heavy (non-hydrogen) atoms. The first-order valence-corrected chi connectivity index (χ1v) is 13.1. The summed E-state index contributed by atoms with van der Waals surface area (Å²) in [6.07, 6.45) is 4.63. The average molecular weight is 567 g/mol. The molecule has 2 N–H and O–H groups in total. The van der Waals surface area contributed by atoms with Crippen molar-refractivity contribution in [1.82, 2.24) is 20.4 Å². The smallest absolute Gasteiger partial charge is 1.00 e. The summed E-state index contributed by atoms with van der Waals surface area (Å²) in [5, 5.41) is 7.90. The fourth-order valence-corrected chi connectivity index (χ4v) is 10.1. The summed E-state index contributed by atoms with van der Waals surface area (Å²) in [6.45, 7) is 18.6. The fourth-order valence-electron chi connectivity index (χ4n) is 5.38. The van der Waals surface area contributed by atoms with E-state index in [9.17, 15) is 0 Å². The molecule has 0 amide bonds. The van der Waals surface area contributed by atoms with Crippen LogP contribution >= 0.6 is 0 Å². The van der Waals surface area contributed by atoms with Gasteiger partial charge >= 0.3 is 191 Å². The van der Waals surface area contributed by atoms with Gasteiger partial charge in [0.2, 0.25) is 0 Å². The first-order valence-electron chi connectivity index (χ1n) is 11.4. The molecule has 1 fully saturated rings. The Kier molecular flexibility index (Phi) is 8.34. The van der Waals surface area contributed by atoms with Gasteiger partial charge in [-0.2, -0.15) is 0 Å². The molecule has 1 aromatic rings. The maximum absolute atomic E-state index is 3.95. The van der Waals surface area contributed by atoms with Crippen LogP contribution in [0, 0.1) is 11.8 Å². The summed E-state index contributed by atoms with van der Waals surface area (Å²) >= 11 is -0.0430. The third-order valence-electron chi connectivity index (χ3n) is 6.45. The molecule has 0 saturated carbocycles. The summed E-state index contributed by atoms with van der Waals surface area (Å²) in [4.78, 5) is 5.43. The van der Waals surface area contributed by atoms with E-state index in [1.807, 2.05) is 0 Å². The van der Waals surface area contributed by atoms with Crippen LogP contribution in [0.4, 0.5) is 0 Å². The molecule has 0 radical (unpaired) electrons. The number of hydrogen-bond acceptors (Lipinski definition) is 4. The van der Waals surface area contributed by atoms with Gasteiger partial charge in [-0.05, 0) is 0 Å². The second kappa shape index (κ2) is 9.76. The predicted octanol–water partition coefficient (Wildman–Crippen LogP) is -1.20. The van der Waals surface area contributed by atoms with Gasteiger partial charge in [-0.15, -0.1) is 0 Å². The van der Waals surface area contributed by atoms with Crippen LogP contribution in [-0.4, -0.2) is 30.4 Å². The van der Waals surface area contributed by atoms with Crippen molar-refractivity contribution in [3.8, 4) is 0 Å².